The first kappa shape index (κ1) is 19.8. The molecule has 0 aromatic heterocycles. The highest BCUT2D eigenvalue weighted by molar-refractivity contribution is 5.78. The first-order valence-corrected chi connectivity index (χ1v) is 8.55. The molecule has 8 nitrogen and oxygen atoms in total. The van der Waals surface area contributed by atoms with E-state index in [1.54, 1.807) is 33.5 Å². The van der Waals surface area contributed by atoms with Crippen LogP contribution >= 0.6 is 0 Å². The lowest BCUT2D eigenvalue weighted by atomic mass is 9.96. The summed E-state index contributed by atoms with van der Waals surface area (Å²) < 4.78 is 15.9. The minimum Gasteiger partial charge on any atom is -0.496 e. The largest absolute Gasteiger partial charge is 0.496 e. The smallest absolute Gasteiger partial charge is 0.234 e. The van der Waals surface area contributed by atoms with Crippen molar-refractivity contribution in [1.29, 1.82) is 0 Å². The standard InChI is InChI=1S/C18H27N3O5/c1-24-14-9-16(26-3)15(25-2)8-13(14)10-20-17(22)11-21-6-4-12(5-7-21)18(19)23/h8-9,12H,4-7,10-11H2,1-3H3,(H2,19,23)(H,20,22). The summed E-state index contributed by atoms with van der Waals surface area (Å²) in [6, 6.07) is 3.52. The molecule has 0 radical (unpaired) electrons. The van der Waals surface area contributed by atoms with Crippen LogP contribution in [0.1, 0.15) is 18.4 Å². The zero-order valence-corrected chi connectivity index (χ0v) is 15.5. The second-order valence-electron chi connectivity index (χ2n) is 6.25. The average molecular weight is 365 g/mol. The number of rotatable bonds is 8. The topological polar surface area (TPSA) is 103 Å². The monoisotopic (exact) mass is 365 g/mol. The number of nitrogens with one attached hydrogen (secondary N) is 1. The van der Waals surface area contributed by atoms with E-state index < -0.39 is 0 Å². The minimum absolute atomic E-state index is 0.0784. The van der Waals surface area contributed by atoms with Gasteiger partial charge in [0, 0.05) is 24.1 Å². The number of hydrogen-bond donors (Lipinski definition) is 2. The Morgan fingerprint density at radius 2 is 1.65 bits per heavy atom. The van der Waals surface area contributed by atoms with Gasteiger partial charge in [0.25, 0.3) is 0 Å². The second kappa shape index (κ2) is 9.28. The van der Waals surface area contributed by atoms with E-state index in [4.69, 9.17) is 19.9 Å². The molecule has 1 aliphatic rings. The van der Waals surface area contributed by atoms with Gasteiger partial charge in [0.1, 0.15) is 5.75 Å². The summed E-state index contributed by atoms with van der Waals surface area (Å²) in [4.78, 5) is 25.5. The number of carbonyl (C=O) groups excluding carboxylic acids is 2. The minimum atomic E-state index is -0.255. The van der Waals surface area contributed by atoms with Gasteiger partial charge in [-0.05, 0) is 32.0 Å². The van der Waals surface area contributed by atoms with Gasteiger partial charge in [-0.2, -0.15) is 0 Å². The normalized spacial score (nSPS) is 15.3. The summed E-state index contributed by atoms with van der Waals surface area (Å²) in [5.74, 6) is 1.34. The zero-order valence-electron chi connectivity index (χ0n) is 15.5. The van der Waals surface area contributed by atoms with Crippen molar-refractivity contribution in [2.75, 3.05) is 41.0 Å². The molecule has 144 valence electrons. The second-order valence-corrected chi connectivity index (χ2v) is 6.25. The number of amides is 2. The van der Waals surface area contributed by atoms with Crippen molar-refractivity contribution in [2.45, 2.75) is 19.4 Å². The van der Waals surface area contributed by atoms with Crippen LogP contribution in [0.3, 0.4) is 0 Å². The SMILES string of the molecule is COc1cc(OC)c(OC)cc1CNC(=O)CN1CCC(C(N)=O)CC1. The van der Waals surface area contributed by atoms with E-state index in [0.717, 1.165) is 5.56 Å². The average Bonchev–Trinajstić information content (AvgIpc) is 2.65. The first-order valence-electron chi connectivity index (χ1n) is 8.55. The fourth-order valence-electron chi connectivity index (χ4n) is 3.06. The Kier molecular flexibility index (Phi) is 7.08. The fraction of sp³-hybridized carbons (Fsp3) is 0.556. The molecule has 3 N–H and O–H groups in total. The molecule has 1 aliphatic heterocycles. The number of hydrogen-bond acceptors (Lipinski definition) is 6. The molecule has 0 spiro atoms. The van der Waals surface area contributed by atoms with Crippen molar-refractivity contribution in [3.8, 4) is 17.2 Å². The number of ether oxygens (including phenoxy) is 3. The summed E-state index contributed by atoms with van der Waals surface area (Å²) in [7, 11) is 4.68. The van der Waals surface area contributed by atoms with E-state index in [1.165, 1.54) is 0 Å². The van der Waals surface area contributed by atoms with E-state index in [-0.39, 0.29) is 17.7 Å². The van der Waals surface area contributed by atoms with Gasteiger partial charge in [0.2, 0.25) is 11.8 Å². The third-order valence-corrected chi connectivity index (χ3v) is 4.62. The number of likely N-dealkylation sites (tertiary alicyclic amines) is 1. The van der Waals surface area contributed by atoms with Gasteiger partial charge in [0.05, 0.1) is 27.9 Å². The van der Waals surface area contributed by atoms with Crippen LogP contribution < -0.4 is 25.3 Å². The van der Waals surface area contributed by atoms with Crippen LogP contribution in [0.25, 0.3) is 0 Å². The Hall–Kier alpha value is -2.48. The highest BCUT2D eigenvalue weighted by atomic mass is 16.5. The summed E-state index contributed by atoms with van der Waals surface area (Å²) in [5, 5.41) is 2.90. The Bertz CT molecular complexity index is 642. The van der Waals surface area contributed by atoms with Gasteiger partial charge in [-0.1, -0.05) is 0 Å². The predicted octanol–water partition coefficient (Wildman–Crippen LogP) is 0.526. The first-order chi connectivity index (χ1) is 12.5. The Labute approximate surface area is 153 Å². The molecule has 0 unspecified atom stereocenters. The van der Waals surface area contributed by atoms with Crippen LogP contribution in [0.15, 0.2) is 12.1 Å². The maximum atomic E-state index is 12.2. The molecule has 1 aromatic rings. The van der Waals surface area contributed by atoms with E-state index in [1.807, 2.05) is 4.90 Å². The van der Waals surface area contributed by atoms with Crippen molar-refractivity contribution in [3.63, 3.8) is 0 Å². The van der Waals surface area contributed by atoms with Gasteiger partial charge in [-0.15, -0.1) is 0 Å². The molecule has 1 aromatic carbocycles. The lowest BCUT2D eigenvalue weighted by Crippen LogP contribution is -2.43. The predicted molar refractivity (Wildman–Crippen MR) is 96.3 cm³/mol. The molecular weight excluding hydrogens is 338 g/mol. The highest BCUT2D eigenvalue weighted by Gasteiger charge is 2.24. The number of nitrogens with zero attached hydrogens (tertiary/aromatic N) is 1. The van der Waals surface area contributed by atoms with Crippen LogP contribution in [0.5, 0.6) is 17.2 Å². The number of methoxy groups -OCH3 is 3. The molecule has 2 rings (SSSR count). The molecule has 8 heteroatoms. The van der Waals surface area contributed by atoms with Crippen LogP contribution in [-0.4, -0.2) is 57.7 Å². The number of piperidine rings is 1. The van der Waals surface area contributed by atoms with Gasteiger partial charge in [-0.3, -0.25) is 14.5 Å². The van der Waals surface area contributed by atoms with Gasteiger partial charge in [0.15, 0.2) is 11.5 Å². The fourth-order valence-corrected chi connectivity index (χ4v) is 3.06. The summed E-state index contributed by atoms with van der Waals surface area (Å²) in [6.45, 7) is 2.00. The van der Waals surface area contributed by atoms with E-state index in [2.05, 4.69) is 5.32 Å². The van der Waals surface area contributed by atoms with Crippen LogP contribution in [0, 0.1) is 5.92 Å². The summed E-state index contributed by atoms with van der Waals surface area (Å²) in [5.41, 5.74) is 6.13. The van der Waals surface area contributed by atoms with E-state index in [0.29, 0.717) is 56.3 Å². The van der Waals surface area contributed by atoms with Crippen LogP contribution in [0.4, 0.5) is 0 Å². The van der Waals surface area contributed by atoms with Crippen molar-refractivity contribution < 1.29 is 23.8 Å². The number of carbonyl (C=O) groups is 2. The summed E-state index contributed by atoms with van der Waals surface area (Å²) in [6.07, 6.45) is 1.40. The molecule has 1 fully saturated rings. The van der Waals surface area contributed by atoms with Crippen molar-refractivity contribution >= 4 is 11.8 Å². The molecule has 2 amide bonds. The van der Waals surface area contributed by atoms with Gasteiger partial charge < -0.3 is 25.3 Å². The number of benzene rings is 1. The zero-order chi connectivity index (χ0) is 19.1. The molecule has 0 aliphatic carbocycles. The molecule has 0 atom stereocenters. The molecule has 26 heavy (non-hydrogen) atoms. The third-order valence-electron chi connectivity index (χ3n) is 4.62. The lowest BCUT2D eigenvalue weighted by molar-refractivity contribution is -0.124. The Morgan fingerprint density at radius 1 is 1.08 bits per heavy atom. The molecule has 1 heterocycles. The van der Waals surface area contributed by atoms with E-state index >= 15 is 0 Å². The Morgan fingerprint density at radius 3 is 2.19 bits per heavy atom. The van der Waals surface area contributed by atoms with Crippen LogP contribution in [-0.2, 0) is 16.1 Å². The number of primary amides is 1. The lowest BCUT2D eigenvalue weighted by Gasteiger charge is -2.29. The molecular formula is C18H27N3O5. The van der Waals surface area contributed by atoms with Crippen LogP contribution in [0.2, 0.25) is 0 Å². The van der Waals surface area contributed by atoms with Crippen molar-refractivity contribution in [2.24, 2.45) is 11.7 Å². The third kappa shape index (κ3) is 5.01. The van der Waals surface area contributed by atoms with Crippen molar-refractivity contribution in [1.82, 2.24) is 10.2 Å². The van der Waals surface area contributed by atoms with Gasteiger partial charge >= 0.3 is 0 Å². The summed E-state index contributed by atoms with van der Waals surface area (Å²) >= 11 is 0. The quantitative estimate of drug-likeness (QED) is 0.696. The Balaban J connectivity index is 1.90. The highest BCUT2D eigenvalue weighted by Crippen LogP contribution is 2.34. The molecule has 0 saturated carbocycles. The maximum absolute atomic E-state index is 12.2. The molecule has 1 saturated heterocycles. The van der Waals surface area contributed by atoms with Gasteiger partial charge in [-0.25, -0.2) is 0 Å². The van der Waals surface area contributed by atoms with E-state index in [9.17, 15) is 9.59 Å². The van der Waals surface area contributed by atoms with Crippen molar-refractivity contribution in [3.05, 3.63) is 17.7 Å². The molecule has 0 bridgehead atoms. The number of nitrogens with two attached hydrogens (primary N) is 1. The maximum Gasteiger partial charge on any atom is 0.234 e.